The summed E-state index contributed by atoms with van der Waals surface area (Å²) < 4.78 is 8.27. The number of rotatable bonds is 6. The Balaban J connectivity index is 1.57. The van der Waals surface area contributed by atoms with Gasteiger partial charge in [-0.2, -0.15) is 0 Å². The Morgan fingerprint density at radius 2 is 1.96 bits per heavy atom. The van der Waals surface area contributed by atoms with Gasteiger partial charge in [0.2, 0.25) is 5.91 Å². The summed E-state index contributed by atoms with van der Waals surface area (Å²) in [6.07, 6.45) is 1.96. The molecule has 0 spiro atoms. The van der Waals surface area contributed by atoms with Crippen molar-refractivity contribution in [3.63, 3.8) is 0 Å². The molecule has 0 radical (unpaired) electrons. The van der Waals surface area contributed by atoms with Crippen LogP contribution in [0.3, 0.4) is 0 Å². The zero-order valence-corrected chi connectivity index (χ0v) is 15.3. The van der Waals surface area contributed by atoms with Crippen LogP contribution in [0.4, 0.5) is 5.69 Å². The molecule has 0 aliphatic heterocycles. The normalized spacial score (nSPS) is 11.2. The lowest BCUT2D eigenvalue weighted by Crippen LogP contribution is -2.30. The van der Waals surface area contributed by atoms with E-state index in [-0.39, 0.29) is 18.0 Å². The van der Waals surface area contributed by atoms with Crippen LogP contribution < -0.4 is 10.9 Å². The van der Waals surface area contributed by atoms with Crippen LogP contribution >= 0.6 is 0 Å². The van der Waals surface area contributed by atoms with Gasteiger partial charge < -0.3 is 14.6 Å². The molecule has 0 atom stereocenters. The fourth-order valence-corrected chi connectivity index (χ4v) is 3.17. The first-order valence-corrected chi connectivity index (χ1v) is 8.86. The third-order valence-electron chi connectivity index (χ3n) is 4.55. The number of fused-ring (bicyclic) bond motifs is 2. The first-order valence-electron chi connectivity index (χ1n) is 8.86. The predicted octanol–water partition coefficient (Wildman–Crippen LogP) is 2.03. The van der Waals surface area contributed by atoms with Gasteiger partial charge in [-0.25, -0.2) is 4.68 Å². The molecule has 0 aliphatic carbocycles. The maximum atomic E-state index is 12.5. The molecule has 2 aromatic carbocycles. The van der Waals surface area contributed by atoms with Crippen LogP contribution in [0.1, 0.15) is 0 Å². The van der Waals surface area contributed by atoms with Gasteiger partial charge in [-0.3, -0.25) is 9.59 Å². The summed E-state index contributed by atoms with van der Waals surface area (Å²) in [5, 5.41) is 12.1. The highest BCUT2D eigenvalue weighted by Crippen LogP contribution is 2.24. The second kappa shape index (κ2) is 7.61. The summed E-state index contributed by atoms with van der Waals surface area (Å²) in [4.78, 5) is 25.0. The van der Waals surface area contributed by atoms with E-state index in [0.717, 1.165) is 22.1 Å². The fourth-order valence-electron chi connectivity index (χ4n) is 3.17. The van der Waals surface area contributed by atoms with E-state index in [2.05, 4.69) is 20.2 Å². The van der Waals surface area contributed by atoms with Crippen LogP contribution in [-0.2, 0) is 22.6 Å². The zero-order valence-electron chi connectivity index (χ0n) is 15.3. The SMILES string of the molecule is COCCn1ccc2c(NC(=O)Cn3nnc4ccccc4c3=O)cccc21. The number of methoxy groups -OCH3 is 1. The summed E-state index contributed by atoms with van der Waals surface area (Å²) in [6.45, 7) is 1.11. The molecule has 142 valence electrons. The van der Waals surface area contributed by atoms with E-state index in [4.69, 9.17) is 4.74 Å². The van der Waals surface area contributed by atoms with Crippen LogP contribution in [-0.4, -0.2) is 39.2 Å². The third-order valence-corrected chi connectivity index (χ3v) is 4.55. The molecular formula is C20H19N5O3. The Labute approximate surface area is 160 Å². The highest BCUT2D eigenvalue weighted by molar-refractivity contribution is 6.01. The minimum absolute atomic E-state index is 0.211. The molecule has 0 bridgehead atoms. The van der Waals surface area contributed by atoms with Crippen LogP contribution in [0, 0.1) is 0 Å². The van der Waals surface area contributed by atoms with Gasteiger partial charge in [-0.1, -0.05) is 23.4 Å². The molecule has 8 nitrogen and oxygen atoms in total. The van der Waals surface area contributed by atoms with Crippen LogP contribution in [0.15, 0.2) is 59.5 Å². The molecule has 0 saturated heterocycles. The average molecular weight is 377 g/mol. The number of carbonyl (C=O) groups excluding carboxylic acids is 1. The van der Waals surface area contributed by atoms with Gasteiger partial charge in [0.25, 0.3) is 5.56 Å². The highest BCUT2D eigenvalue weighted by Gasteiger charge is 2.12. The van der Waals surface area contributed by atoms with Crippen molar-refractivity contribution in [2.45, 2.75) is 13.1 Å². The van der Waals surface area contributed by atoms with Crippen molar-refractivity contribution in [3.05, 3.63) is 65.1 Å². The van der Waals surface area contributed by atoms with E-state index in [1.165, 1.54) is 0 Å². The van der Waals surface area contributed by atoms with Crippen molar-refractivity contribution >= 4 is 33.4 Å². The van der Waals surface area contributed by atoms with E-state index < -0.39 is 0 Å². The summed E-state index contributed by atoms with van der Waals surface area (Å²) in [7, 11) is 1.66. The van der Waals surface area contributed by atoms with Gasteiger partial charge in [-0.05, 0) is 30.3 Å². The Morgan fingerprint density at radius 3 is 2.82 bits per heavy atom. The van der Waals surface area contributed by atoms with E-state index in [1.807, 2.05) is 30.5 Å². The van der Waals surface area contributed by atoms with Crippen molar-refractivity contribution in [3.8, 4) is 0 Å². The smallest absolute Gasteiger partial charge is 0.278 e. The Kier molecular flexibility index (Phi) is 4.86. The Hall–Kier alpha value is -3.52. The molecule has 0 aliphatic rings. The van der Waals surface area contributed by atoms with Crippen molar-refractivity contribution < 1.29 is 9.53 Å². The number of amides is 1. The number of aromatic nitrogens is 4. The van der Waals surface area contributed by atoms with Crippen molar-refractivity contribution in [2.75, 3.05) is 19.0 Å². The standard InChI is InChI=1S/C20H19N5O3/c1-28-12-11-24-10-9-14-16(7-4-8-18(14)24)21-19(26)13-25-20(27)15-5-2-3-6-17(15)22-23-25/h2-10H,11-13H2,1H3,(H,21,26). The van der Waals surface area contributed by atoms with Crippen molar-refractivity contribution in [1.29, 1.82) is 0 Å². The van der Waals surface area contributed by atoms with Gasteiger partial charge in [0.15, 0.2) is 0 Å². The fraction of sp³-hybridized carbons (Fsp3) is 0.200. The van der Waals surface area contributed by atoms with Gasteiger partial charge >= 0.3 is 0 Å². The molecule has 8 heteroatoms. The number of anilines is 1. The lowest BCUT2D eigenvalue weighted by atomic mass is 10.2. The molecule has 2 heterocycles. The Bertz CT molecular complexity index is 1210. The van der Waals surface area contributed by atoms with E-state index in [0.29, 0.717) is 23.2 Å². The molecule has 0 fully saturated rings. The predicted molar refractivity (Wildman–Crippen MR) is 106 cm³/mol. The number of hydrogen-bond acceptors (Lipinski definition) is 5. The maximum Gasteiger partial charge on any atom is 0.278 e. The first-order chi connectivity index (χ1) is 13.7. The first kappa shape index (κ1) is 17.9. The summed E-state index contributed by atoms with van der Waals surface area (Å²) >= 11 is 0. The number of nitrogens with zero attached hydrogens (tertiary/aromatic N) is 4. The number of nitrogens with one attached hydrogen (secondary N) is 1. The second-order valence-electron chi connectivity index (χ2n) is 6.36. The van der Waals surface area contributed by atoms with E-state index >= 15 is 0 Å². The molecule has 28 heavy (non-hydrogen) atoms. The molecule has 2 aromatic heterocycles. The largest absolute Gasteiger partial charge is 0.383 e. The minimum atomic E-state index is -0.344. The number of benzene rings is 2. The van der Waals surface area contributed by atoms with Gasteiger partial charge in [0, 0.05) is 25.2 Å². The molecule has 4 aromatic rings. The summed E-state index contributed by atoms with van der Waals surface area (Å²) in [6, 6.07) is 14.6. The number of ether oxygens (including phenoxy) is 1. The molecule has 0 saturated carbocycles. The van der Waals surface area contributed by atoms with E-state index in [9.17, 15) is 9.59 Å². The Morgan fingerprint density at radius 1 is 1.11 bits per heavy atom. The highest BCUT2D eigenvalue weighted by atomic mass is 16.5. The molecule has 0 unspecified atom stereocenters. The third kappa shape index (κ3) is 3.37. The lowest BCUT2D eigenvalue weighted by Gasteiger charge is -2.09. The quantitative estimate of drug-likeness (QED) is 0.555. The van der Waals surface area contributed by atoms with Gasteiger partial charge in [-0.15, -0.1) is 5.10 Å². The zero-order chi connectivity index (χ0) is 19.5. The topological polar surface area (TPSA) is 91.0 Å². The van der Waals surface area contributed by atoms with Gasteiger partial charge in [0.05, 0.1) is 23.2 Å². The summed E-state index contributed by atoms with van der Waals surface area (Å²) in [5.74, 6) is -0.344. The van der Waals surface area contributed by atoms with Crippen LogP contribution in [0.25, 0.3) is 21.8 Å². The molecule has 4 rings (SSSR count). The van der Waals surface area contributed by atoms with E-state index in [1.54, 1.807) is 31.4 Å². The average Bonchev–Trinajstić information content (AvgIpc) is 3.13. The molecular weight excluding hydrogens is 358 g/mol. The lowest BCUT2D eigenvalue weighted by molar-refractivity contribution is -0.117. The monoisotopic (exact) mass is 377 g/mol. The van der Waals surface area contributed by atoms with Crippen LogP contribution in [0.2, 0.25) is 0 Å². The minimum Gasteiger partial charge on any atom is -0.383 e. The maximum absolute atomic E-state index is 12.5. The van der Waals surface area contributed by atoms with Crippen molar-refractivity contribution in [2.24, 2.45) is 0 Å². The molecule has 1 amide bonds. The van der Waals surface area contributed by atoms with Gasteiger partial charge in [0.1, 0.15) is 12.1 Å². The number of hydrogen-bond donors (Lipinski definition) is 1. The molecule has 1 N–H and O–H groups in total. The summed E-state index contributed by atoms with van der Waals surface area (Å²) in [5.41, 5.74) is 1.84. The second-order valence-corrected chi connectivity index (χ2v) is 6.36. The van der Waals surface area contributed by atoms with Crippen LogP contribution in [0.5, 0.6) is 0 Å². The van der Waals surface area contributed by atoms with Crippen molar-refractivity contribution in [1.82, 2.24) is 19.6 Å². The number of carbonyl (C=O) groups is 1.